The molecule has 4 aromatic rings. The number of anilines is 4. The van der Waals surface area contributed by atoms with E-state index in [0.29, 0.717) is 29.2 Å². The summed E-state index contributed by atoms with van der Waals surface area (Å²) >= 11 is 0. The summed E-state index contributed by atoms with van der Waals surface area (Å²) in [4.78, 5) is 28.1. The number of carbonyl (C=O) groups excluding carboxylic acids is 1. The Morgan fingerprint density at radius 2 is 1.69 bits per heavy atom. The molecule has 1 aliphatic heterocycles. The summed E-state index contributed by atoms with van der Waals surface area (Å²) < 4.78 is 24.0. The first kappa shape index (κ1) is 25.6. The van der Waals surface area contributed by atoms with Gasteiger partial charge in [0, 0.05) is 18.8 Å². The first-order valence-electron chi connectivity index (χ1n) is 12.4. The molecule has 1 aromatic heterocycles. The lowest BCUT2D eigenvalue weighted by molar-refractivity contribution is 0.0729. The first-order chi connectivity index (χ1) is 19.1. The van der Waals surface area contributed by atoms with Gasteiger partial charge in [-0.2, -0.15) is 20.1 Å². The van der Waals surface area contributed by atoms with Crippen LogP contribution in [0.1, 0.15) is 28.8 Å². The maximum Gasteiger partial charge on any atom is 0.343 e. The lowest BCUT2D eigenvalue weighted by Gasteiger charge is -2.16. The molecule has 0 radical (unpaired) electrons. The van der Waals surface area contributed by atoms with Gasteiger partial charge in [0.1, 0.15) is 5.82 Å². The van der Waals surface area contributed by atoms with Crippen LogP contribution in [0.3, 0.4) is 0 Å². The van der Waals surface area contributed by atoms with Gasteiger partial charge in [-0.25, -0.2) is 14.6 Å². The highest BCUT2D eigenvalue weighted by Crippen LogP contribution is 2.28. The highest BCUT2D eigenvalue weighted by atomic mass is 19.1. The van der Waals surface area contributed by atoms with Gasteiger partial charge < -0.3 is 19.7 Å². The summed E-state index contributed by atoms with van der Waals surface area (Å²) in [7, 11) is 1.47. The number of hydrogen-bond donors (Lipinski definition) is 2. The van der Waals surface area contributed by atoms with E-state index in [-0.39, 0.29) is 11.3 Å². The van der Waals surface area contributed by atoms with Crippen LogP contribution in [0.4, 0.5) is 27.9 Å². The summed E-state index contributed by atoms with van der Waals surface area (Å²) in [6.07, 6.45) is 3.74. The van der Waals surface area contributed by atoms with Gasteiger partial charge in [-0.1, -0.05) is 18.2 Å². The van der Waals surface area contributed by atoms with Crippen molar-refractivity contribution in [3.8, 4) is 11.5 Å². The van der Waals surface area contributed by atoms with Crippen molar-refractivity contribution in [3.05, 3.63) is 89.7 Å². The fourth-order valence-corrected chi connectivity index (χ4v) is 3.94. The number of para-hydroxylation sites is 1. The Hall–Kier alpha value is -5.06. The van der Waals surface area contributed by atoms with E-state index in [9.17, 15) is 9.18 Å². The number of methoxy groups -OCH3 is 1. The summed E-state index contributed by atoms with van der Waals surface area (Å²) in [5.41, 5.74) is 4.64. The zero-order chi connectivity index (χ0) is 27.0. The zero-order valence-electron chi connectivity index (χ0n) is 21.2. The van der Waals surface area contributed by atoms with Crippen LogP contribution < -0.4 is 25.1 Å². The van der Waals surface area contributed by atoms with Crippen molar-refractivity contribution >= 4 is 35.7 Å². The van der Waals surface area contributed by atoms with Crippen molar-refractivity contribution in [2.75, 3.05) is 35.8 Å². The SMILES string of the molecule is COc1cc(C=NNc2nc(Nc3ccccc3)nc(N3CCCC3)n2)ccc1OC(=O)c1ccc(F)cc1. The van der Waals surface area contributed by atoms with Gasteiger partial charge in [0.25, 0.3) is 0 Å². The Labute approximate surface area is 224 Å². The quantitative estimate of drug-likeness (QED) is 0.134. The van der Waals surface area contributed by atoms with E-state index in [1.54, 1.807) is 24.4 Å². The molecule has 0 amide bonds. The highest BCUT2D eigenvalue weighted by molar-refractivity contribution is 5.91. The molecular weight excluding hydrogens is 501 g/mol. The molecule has 0 saturated carbocycles. The van der Waals surface area contributed by atoms with Crippen LogP contribution in [0.2, 0.25) is 0 Å². The number of carbonyl (C=O) groups is 1. The van der Waals surface area contributed by atoms with Crippen LogP contribution in [0.15, 0.2) is 77.9 Å². The third-order valence-electron chi connectivity index (χ3n) is 5.89. The minimum absolute atomic E-state index is 0.222. The van der Waals surface area contributed by atoms with E-state index in [0.717, 1.165) is 31.6 Å². The minimum Gasteiger partial charge on any atom is -0.493 e. The predicted molar refractivity (Wildman–Crippen MR) is 147 cm³/mol. The van der Waals surface area contributed by atoms with Gasteiger partial charge in [0.15, 0.2) is 11.5 Å². The monoisotopic (exact) mass is 527 g/mol. The average Bonchev–Trinajstić information content (AvgIpc) is 3.50. The maximum atomic E-state index is 13.1. The molecule has 1 aliphatic rings. The lowest BCUT2D eigenvalue weighted by Crippen LogP contribution is -2.21. The number of benzene rings is 3. The van der Waals surface area contributed by atoms with Crippen LogP contribution in [-0.2, 0) is 0 Å². The Morgan fingerprint density at radius 3 is 2.44 bits per heavy atom. The van der Waals surface area contributed by atoms with E-state index in [1.165, 1.54) is 31.4 Å². The van der Waals surface area contributed by atoms with Crippen molar-refractivity contribution in [3.63, 3.8) is 0 Å². The average molecular weight is 528 g/mol. The van der Waals surface area contributed by atoms with E-state index in [2.05, 4.69) is 35.7 Å². The largest absolute Gasteiger partial charge is 0.493 e. The fourth-order valence-electron chi connectivity index (χ4n) is 3.94. The van der Waals surface area contributed by atoms with Crippen LogP contribution in [0.5, 0.6) is 11.5 Å². The predicted octanol–water partition coefficient (Wildman–Crippen LogP) is 5.03. The van der Waals surface area contributed by atoms with Crippen LogP contribution in [0, 0.1) is 5.82 Å². The molecule has 39 heavy (non-hydrogen) atoms. The van der Waals surface area contributed by atoms with Gasteiger partial charge in [-0.15, -0.1) is 0 Å². The number of hydrazone groups is 1. The molecule has 2 N–H and O–H groups in total. The van der Waals surface area contributed by atoms with Crippen molar-refractivity contribution in [1.82, 2.24) is 15.0 Å². The van der Waals surface area contributed by atoms with E-state index in [4.69, 9.17) is 9.47 Å². The van der Waals surface area contributed by atoms with Gasteiger partial charge in [-0.3, -0.25) is 0 Å². The van der Waals surface area contributed by atoms with E-state index in [1.807, 2.05) is 30.3 Å². The number of aromatic nitrogens is 3. The van der Waals surface area contributed by atoms with Crippen molar-refractivity contribution < 1.29 is 18.7 Å². The second-order valence-corrected chi connectivity index (χ2v) is 8.64. The molecule has 0 atom stereocenters. The number of rotatable bonds is 9. The molecule has 2 heterocycles. The van der Waals surface area contributed by atoms with Gasteiger partial charge >= 0.3 is 5.97 Å². The number of nitrogens with zero attached hydrogens (tertiary/aromatic N) is 5. The van der Waals surface area contributed by atoms with Crippen LogP contribution >= 0.6 is 0 Å². The summed E-state index contributed by atoms with van der Waals surface area (Å²) in [6, 6.07) is 19.7. The molecule has 198 valence electrons. The molecular formula is C28H26FN7O3. The molecule has 1 fully saturated rings. The second-order valence-electron chi connectivity index (χ2n) is 8.64. The van der Waals surface area contributed by atoms with Crippen molar-refractivity contribution in [2.24, 2.45) is 5.10 Å². The molecule has 1 saturated heterocycles. The van der Waals surface area contributed by atoms with Crippen LogP contribution in [-0.4, -0.2) is 47.3 Å². The number of ether oxygens (including phenoxy) is 2. The van der Waals surface area contributed by atoms with Crippen molar-refractivity contribution in [2.45, 2.75) is 12.8 Å². The molecule has 10 nitrogen and oxygen atoms in total. The third kappa shape index (κ3) is 6.63. The summed E-state index contributed by atoms with van der Waals surface area (Å²) in [6.45, 7) is 1.77. The summed E-state index contributed by atoms with van der Waals surface area (Å²) in [5.74, 6) is 0.770. The minimum atomic E-state index is -0.625. The Kier molecular flexibility index (Phi) is 7.87. The fraction of sp³-hybridized carbons (Fsp3) is 0.179. The maximum absolute atomic E-state index is 13.1. The Balaban J connectivity index is 1.30. The van der Waals surface area contributed by atoms with E-state index < -0.39 is 11.8 Å². The van der Waals surface area contributed by atoms with Gasteiger partial charge in [0.2, 0.25) is 17.8 Å². The zero-order valence-corrected chi connectivity index (χ0v) is 21.2. The standard InChI is InChI=1S/C28H26FN7O3/c1-38-24-17-19(9-14-23(24)39-25(37)20-10-12-21(29)13-11-20)18-30-35-27-32-26(31-22-7-3-2-4-8-22)33-28(34-27)36-15-5-6-16-36/h2-4,7-14,17-18H,5-6,15-16H2,1H3,(H2,31,32,33,34,35). The topological polar surface area (TPSA) is 114 Å². The molecule has 0 aliphatic carbocycles. The van der Waals surface area contributed by atoms with Gasteiger partial charge in [-0.05, 0) is 73.0 Å². The molecule has 3 aromatic carbocycles. The number of halogens is 1. The molecule has 5 rings (SSSR count). The smallest absolute Gasteiger partial charge is 0.343 e. The Bertz CT molecular complexity index is 1460. The third-order valence-corrected chi connectivity index (χ3v) is 5.89. The first-order valence-corrected chi connectivity index (χ1v) is 12.4. The van der Waals surface area contributed by atoms with E-state index >= 15 is 0 Å². The number of nitrogens with one attached hydrogen (secondary N) is 2. The highest BCUT2D eigenvalue weighted by Gasteiger charge is 2.18. The molecule has 0 spiro atoms. The Morgan fingerprint density at radius 1 is 0.949 bits per heavy atom. The lowest BCUT2D eigenvalue weighted by atomic mass is 10.2. The van der Waals surface area contributed by atoms with Gasteiger partial charge in [0.05, 0.1) is 18.9 Å². The molecule has 11 heteroatoms. The number of esters is 1. The molecule has 0 unspecified atom stereocenters. The normalized spacial score (nSPS) is 12.9. The van der Waals surface area contributed by atoms with Crippen LogP contribution in [0.25, 0.3) is 0 Å². The summed E-state index contributed by atoms with van der Waals surface area (Å²) in [5, 5.41) is 7.49. The number of hydrogen-bond acceptors (Lipinski definition) is 10. The van der Waals surface area contributed by atoms with Crippen molar-refractivity contribution in [1.29, 1.82) is 0 Å². The molecule has 0 bridgehead atoms. The second kappa shape index (κ2) is 12.0.